The van der Waals surface area contributed by atoms with E-state index >= 15 is 0 Å². The molecule has 1 unspecified atom stereocenters. The molecule has 0 spiro atoms. The zero-order chi connectivity index (χ0) is 17.5. The number of rotatable bonds is 6. The predicted molar refractivity (Wildman–Crippen MR) is 104 cm³/mol. The van der Waals surface area contributed by atoms with Gasteiger partial charge in [-0.25, -0.2) is 0 Å². The monoisotopic (exact) mass is 367 g/mol. The third-order valence-corrected chi connectivity index (χ3v) is 4.81. The number of carbonyl (C=O) groups excluding carboxylic acids is 2. The maximum Gasteiger partial charge on any atom is 0.251 e. The average Bonchev–Trinajstić information content (AvgIpc) is 2.57. The summed E-state index contributed by atoms with van der Waals surface area (Å²) in [5, 5.41) is 9.12. The van der Waals surface area contributed by atoms with E-state index in [1.807, 2.05) is 19.9 Å². The number of benzene rings is 1. The van der Waals surface area contributed by atoms with Crippen molar-refractivity contribution in [3.63, 3.8) is 0 Å². The van der Waals surface area contributed by atoms with Crippen LogP contribution in [0.1, 0.15) is 49.0 Å². The van der Waals surface area contributed by atoms with Gasteiger partial charge in [0, 0.05) is 24.2 Å². The standard InChI is InChI=1S/C19H29N3O2.ClH/c1-4-21-19(24)16-6-5-13(2)17(12-16)22-18(23)11-14(3)15-7-9-20-10-8-15;/h5-6,12,14-15,20H,4,7-11H2,1-3H3,(H,21,24)(H,22,23);1H. The second kappa shape index (κ2) is 10.4. The molecule has 0 aliphatic carbocycles. The molecule has 1 aromatic rings. The maximum absolute atomic E-state index is 12.4. The van der Waals surface area contributed by atoms with Crippen LogP contribution in [-0.4, -0.2) is 31.4 Å². The zero-order valence-electron chi connectivity index (χ0n) is 15.4. The highest BCUT2D eigenvalue weighted by Crippen LogP contribution is 2.25. The number of halogens is 1. The largest absolute Gasteiger partial charge is 0.352 e. The van der Waals surface area contributed by atoms with Crippen LogP contribution in [0.15, 0.2) is 18.2 Å². The molecule has 1 aliphatic rings. The molecule has 5 nitrogen and oxygen atoms in total. The Balaban J connectivity index is 0.00000312. The van der Waals surface area contributed by atoms with Crippen molar-refractivity contribution in [1.82, 2.24) is 10.6 Å². The lowest BCUT2D eigenvalue weighted by Gasteiger charge is -2.28. The Labute approximate surface area is 156 Å². The van der Waals surface area contributed by atoms with Crippen molar-refractivity contribution >= 4 is 29.9 Å². The molecule has 0 radical (unpaired) electrons. The van der Waals surface area contributed by atoms with Gasteiger partial charge in [0.1, 0.15) is 0 Å². The summed E-state index contributed by atoms with van der Waals surface area (Å²) in [6.07, 6.45) is 2.80. The molecule has 1 aromatic carbocycles. The highest BCUT2D eigenvalue weighted by Gasteiger charge is 2.22. The van der Waals surface area contributed by atoms with Crippen molar-refractivity contribution in [2.24, 2.45) is 11.8 Å². The molecule has 1 aliphatic heterocycles. The van der Waals surface area contributed by atoms with Crippen molar-refractivity contribution in [1.29, 1.82) is 0 Å². The number of amides is 2. The molecule has 2 amide bonds. The normalized spacial score (nSPS) is 15.8. The summed E-state index contributed by atoms with van der Waals surface area (Å²) in [5.74, 6) is 0.895. The van der Waals surface area contributed by atoms with Gasteiger partial charge in [0.15, 0.2) is 0 Å². The van der Waals surface area contributed by atoms with Crippen LogP contribution in [0.2, 0.25) is 0 Å². The third kappa shape index (κ3) is 6.33. The Hall–Kier alpha value is -1.59. The molecule has 1 atom stereocenters. The lowest BCUT2D eigenvalue weighted by atomic mass is 9.84. The predicted octanol–water partition coefficient (Wildman–Crippen LogP) is 3.13. The van der Waals surface area contributed by atoms with E-state index in [9.17, 15) is 9.59 Å². The van der Waals surface area contributed by atoms with Crippen LogP contribution in [-0.2, 0) is 4.79 Å². The number of piperidine rings is 1. The first-order valence-corrected chi connectivity index (χ1v) is 8.90. The van der Waals surface area contributed by atoms with Gasteiger partial charge in [-0.05, 0) is 69.3 Å². The summed E-state index contributed by atoms with van der Waals surface area (Å²) in [4.78, 5) is 24.3. The van der Waals surface area contributed by atoms with Gasteiger partial charge in [-0.15, -0.1) is 12.4 Å². The van der Waals surface area contributed by atoms with E-state index in [0.29, 0.717) is 30.4 Å². The Bertz CT molecular complexity index is 586. The van der Waals surface area contributed by atoms with E-state index in [1.165, 1.54) is 0 Å². The highest BCUT2D eigenvalue weighted by molar-refractivity contribution is 5.97. The van der Waals surface area contributed by atoms with E-state index in [1.54, 1.807) is 12.1 Å². The number of aryl methyl sites for hydroxylation is 1. The fourth-order valence-electron chi connectivity index (χ4n) is 3.23. The summed E-state index contributed by atoms with van der Waals surface area (Å²) >= 11 is 0. The minimum atomic E-state index is -0.115. The first kappa shape index (κ1) is 21.5. The van der Waals surface area contributed by atoms with Crippen molar-refractivity contribution in [3.8, 4) is 0 Å². The molecule has 1 fully saturated rings. The lowest BCUT2D eigenvalue weighted by molar-refractivity contribution is -0.117. The summed E-state index contributed by atoms with van der Waals surface area (Å²) in [7, 11) is 0. The van der Waals surface area contributed by atoms with Crippen LogP contribution in [0.5, 0.6) is 0 Å². The van der Waals surface area contributed by atoms with Gasteiger partial charge in [0.2, 0.25) is 5.91 Å². The summed E-state index contributed by atoms with van der Waals surface area (Å²) in [6, 6.07) is 5.41. The molecule has 25 heavy (non-hydrogen) atoms. The summed E-state index contributed by atoms with van der Waals surface area (Å²) < 4.78 is 0. The molecule has 0 bridgehead atoms. The lowest BCUT2D eigenvalue weighted by Crippen LogP contribution is -2.32. The Morgan fingerprint density at radius 2 is 1.96 bits per heavy atom. The van der Waals surface area contributed by atoms with Crippen LogP contribution in [0.25, 0.3) is 0 Å². The van der Waals surface area contributed by atoms with E-state index in [0.717, 1.165) is 37.2 Å². The fourth-order valence-corrected chi connectivity index (χ4v) is 3.23. The van der Waals surface area contributed by atoms with Crippen LogP contribution < -0.4 is 16.0 Å². The molecule has 1 heterocycles. The molecule has 3 N–H and O–H groups in total. The number of hydrogen-bond donors (Lipinski definition) is 3. The van der Waals surface area contributed by atoms with Crippen molar-refractivity contribution < 1.29 is 9.59 Å². The van der Waals surface area contributed by atoms with Crippen molar-refractivity contribution in [2.45, 2.75) is 40.0 Å². The highest BCUT2D eigenvalue weighted by atomic mass is 35.5. The molecular weight excluding hydrogens is 338 g/mol. The van der Waals surface area contributed by atoms with Crippen LogP contribution in [0.4, 0.5) is 5.69 Å². The molecule has 140 valence electrons. The molecule has 2 rings (SSSR count). The van der Waals surface area contributed by atoms with E-state index in [-0.39, 0.29) is 24.2 Å². The summed E-state index contributed by atoms with van der Waals surface area (Å²) in [6.45, 7) is 8.66. The maximum atomic E-state index is 12.4. The van der Waals surface area contributed by atoms with Crippen LogP contribution in [0.3, 0.4) is 0 Å². The van der Waals surface area contributed by atoms with Crippen LogP contribution >= 0.6 is 12.4 Å². The molecular formula is C19H30ClN3O2. The van der Waals surface area contributed by atoms with Crippen LogP contribution in [0, 0.1) is 18.8 Å². The third-order valence-electron chi connectivity index (χ3n) is 4.81. The second-order valence-corrected chi connectivity index (χ2v) is 6.71. The van der Waals surface area contributed by atoms with Gasteiger partial charge < -0.3 is 16.0 Å². The topological polar surface area (TPSA) is 70.2 Å². The molecule has 1 saturated heterocycles. The SMILES string of the molecule is CCNC(=O)c1ccc(C)c(NC(=O)CC(C)C2CCNCC2)c1.Cl. The number of carbonyl (C=O) groups is 2. The van der Waals surface area contributed by atoms with Gasteiger partial charge in [0.25, 0.3) is 5.91 Å². The van der Waals surface area contributed by atoms with Gasteiger partial charge in [-0.2, -0.15) is 0 Å². The number of hydrogen-bond acceptors (Lipinski definition) is 3. The van der Waals surface area contributed by atoms with E-state index in [2.05, 4.69) is 22.9 Å². The van der Waals surface area contributed by atoms with Gasteiger partial charge >= 0.3 is 0 Å². The van der Waals surface area contributed by atoms with Gasteiger partial charge in [0.05, 0.1) is 0 Å². The first-order chi connectivity index (χ1) is 11.5. The summed E-state index contributed by atoms with van der Waals surface area (Å²) in [5.41, 5.74) is 2.26. The molecule has 0 saturated carbocycles. The van der Waals surface area contributed by atoms with Gasteiger partial charge in [-0.1, -0.05) is 13.0 Å². The minimum Gasteiger partial charge on any atom is -0.352 e. The van der Waals surface area contributed by atoms with Gasteiger partial charge in [-0.3, -0.25) is 9.59 Å². The van der Waals surface area contributed by atoms with Crippen molar-refractivity contribution in [2.75, 3.05) is 25.0 Å². The second-order valence-electron chi connectivity index (χ2n) is 6.71. The quantitative estimate of drug-likeness (QED) is 0.723. The Kier molecular flexibility index (Phi) is 8.93. The first-order valence-electron chi connectivity index (χ1n) is 8.90. The Morgan fingerprint density at radius 3 is 2.60 bits per heavy atom. The fraction of sp³-hybridized carbons (Fsp3) is 0.579. The van der Waals surface area contributed by atoms with E-state index < -0.39 is 0 Å². The molecule has 6 heteroatoms. The number of anilines is 1. The average molecular weight is 368 g/mol. The van der Waals surface area contributed by atoms with Crippen molar-refractivity contribution in [3.05, 3.63) is 29.3 Å². The minimum absolute atomic E-state index is 0. The zero-order valence-corrected chi connectivity index (χ0v) is 16.2. The molecule has 0 aromatic heterocycles. The van der Waals surface area contributed by atoms with E-state index in [4.69, 9.17) is 0 Å². The Morgan fingerprint density at radius 1 is 1.28 bits per heavy atom. The smallest absolute Gasteiger partial charge is 0.251 e. The number of nitrogens with one attached hydrogen (secondary N) is 3.